The van der Waals surface area contributed by atoms with Crippen molar-refractivity contribution in [2.75, 3.05) is 0 Å². The minimum Gasteiger partial charge on any atom is -0.333 e. The minimum atomic E-state index is 0.0104. The van der Waals surface area contributed by atoms with Gasteiger partial charge < -0.3 is 4.57 Å². The normalized spacial score (nSPS) is 11.0. The highest BCUT2D eigenvalue weighted by atomic mass is 35.5. The Balaban J connectivity index is 1.48. The molecule has 0 spiro atoms. The second-order valence-electron chi connectivity index (χ2n) is 6.18. The summed E-state index contributed by atoms with van der Waals surface area (Å²) in [6.45, 7) is 0.666. The van der Waals surface area contributed by atoms with Gasteiger partial charge in [-0.3, -0.25) is 9.78 Å². The molecule has 26 heavy (non-hydrogen) atoms. The summed E-state index contributed by atoms with van der Waals surface area (Å²) < 4.78 is 1.95. The van der Waals surface area contributed by atoms with Gasteiger partial charge in [-0.2, -0.15) is 0 Å². The number of carbonyl (C=O) groups excluding carboxylic acids is 1. The van der Waals surface area contributed by atoms with Gasteiger partial charge in [0.15, 0.2) is 5.78 Å². The molecule has 0 N–H and O–H groups in total. The Morgan fingerprint density at radius 3 is 2.81 bits per heavy atom. The van der Waals surface area contributed by atoms with Gasteiger partial charge in [0.1, 0.15) is 0 Å². The molecule has 0 bridgehead atoms. The van der Waals surface area contributed by atoms with Gasteiger partial charge in [0.2, 0.25) is 0 Å². The average molecular weight is 362 g/mol. The molecule has 2 heterocycles. The van der Waals surface area contributed by atoms with Crippen LogP contribution in [0.5, 0.6) is 0 Å². The molecular formula is C21H16ClN3O. The molecule has 2 aromatic carbocycles. The predicted octanol–water partition coefficient (Wildman–Crippen LogP) is 4.56. The van der Waals surface area contributed by atoms with E-state index in [1.165, 1.54) is 0 Å². The molecule has 0 saturated heterocycles. The molecule has 0 fully saturated rings. The van der Waals surface area contributed by atoms with E-state index in [1.807, 2.05) is 65.4 Å². The first-order valence-electron chi connectivity index (χ1n) is 8.30. The molecule has 0 saturated carbocycles. The van der Waals surface area contributed by atoms with Gasteiger partial charge in [-0.05, 0) is 29.8 Å². The van der Waals surface area contributed by atoms with Crippen molar-refractivity contribution in [1.29, 1.82) is 0 Å². The number of benzene rings is 2. The lowest BCUT2D eigenvalue weighted by Crippen LogP contribution is -2.04. The van der Waals surface area contributed by atoms with Crippen molar-refractivity contribution in [2.45, 2.75) is 13.0 Å². The maximum absolute atomic E-state index is 12.6. The van der Waals surface area contributed by atoms with Gasteiger partial charge >= 0.3 is 0 Å². The highest BCUT2D eigenvalue weighted by Gasteiger charge is 2.11. The molecule has 0 unspecified atom stereocenters. The number of nitrogens with zero attached hydrogens (tertiary/aromatic N) is 3. The number of fused-ring (bicyclic) bond motifs is 1. The second-order valence-corrected chi connectivity index (χ2v) is 6.62. The summed E-state index contributed by atoms with van der Waals surface area (Å²) in [5, 5.41) is 1.67. The number of hydrogen-bond donors (Lipinski definition) is 0. The van der Waals surface area contributed by atoms with E-state index in [1.54, 1.807) is 12.5 Å². The van der Waals surface area contributed by atoms with Crippen LogP contribution in [0.3, 0.4) is 0 Å². The molecule has 0 aliphatic carbocycles. The smallest absolute Gasteiger partial charge is 0.170 e. The van der Waals surface area contributed by atoms with Crippen LogP contribution in [0.2, 0.25) is 5.02 Å². The van der Waals surface area contributed by atoms with E-state index >= 15 is 0 Å². The lowest BCUT2D eigenvalue weighted by atomic mass is 10.1. The summed E-state index contributed by atoms with van der Waals surface area (Å²) in [4.78, 5) is 21.3. The zero-order valence-corrected chi connectivity index (χ0v) is 14.7. The van der Waals surface area contributed by atoms with Crippen LogP contribution in [0.25, 0.3) is 10.9 Å². The van der Waals surface area contributed by atoms with Gasteiger partial charge in [-0.1, -0.05) is 41.9 Å². The fourth-order valence-corrected chi connectivity index (χ4v) is 3.13. The molecule has 0 amide bonds. The standard InChI is InChI=1S/C21H16ClN3O/c22-18-6-3-4-15(8-18)12-25-13-19(24-14-25)10-21(26)17-9-16-5-1-2-7-20(16)23-11-17/h1-9,11,13-14H,10,12H2. The van der Waals surface area contributed by atoms with Crippen LogP contribution in [-0.4, -0.2) is 20.3 Å². The molecule has 4 nitrogen and oxygen atoms in total. The topological polar surface area (TPSA) is 47.8 Å². The lowest BCUT2D eigenvalue weighted by molar-refractivity contribution is 0.0992. The molecule has 4 aromatic rings. The monoisotopic (exact) mass is 361 g/mol. The number of aromatic nitrogens is 3. The maximum Gasteiger partial charge on any atom is 0.170 e. The van der Waals surface area contributed by atoms with Crippen molar-refractivity contribution in [3.05, 3.63) is 95.2 Å². The van der Waals surface area contributed by atoms with Crippen molar-refractivity contribution < 1.29 is 4.79 Å². The molecule has 128 valence electrons. The van der Waals surface area contributed by atoms with E-state index in [-0.39, 0.29) is 12.2 Å². The zero-order chi connectivity index (χ0) is 17.9. The van der Waals surface area contributed by atoms with Gasteiger partial charge in [0, 0.05) is 34.9 Å². The maximum atomic E-state index is 12.6. The van der Waals surface area contributed by atoms with Crippen LogP contribution in [0.1, 0.15) is 21.6 Å². The second kappa shape index (κ2) is 7.10. The third kappa shape index (κ3) is 3.65. The average Bonchev–Trinajstić information content (AvgIpc) is 3.08. The number of halogens is 1. The van der Waals surface area contributed by atoms with E-state index in [9.17, 15) is 4.79 Å². The van der Waals surface area contributed by atoms with E-state index in [4.69, 9.17) is 11.6 Å². The Morgan fingerprint density at radius 2 is 1.92 bits per heavy atom. The van der Waals surface area contributed by atoms with E-state index in [0.29, 0.717) is 17.1 Å². The number of Topliss-reactive ketones (excluding diaryl/α,β-unsaturated/α-hetero) is 1. The van der Waals surface area contributed by atoms with Crippen LogP contribution in [0, 0.1) is 0 Å². The molecule has 4 rings (SSSR count). The number of rotatable bonds is 5. The van der Waals surface area contributed by atoms with Crippen molar-refractivity contribution in [1.82, 2.24) is 14.5 Å². The van der Waals surface area contributed by atoms with Crippen LogP contribution in [0.15, 0.2) is 73.3 Å². The van der Waals surface area contributed by atoms with E-state index in [0.717, 1.165) is 22.2 Å². The molecule has 5 heteroatoms. The summed E-state index contributed by atoms with van der Waals surface area (Å²) in [5.41, 5.74) is 3.32. The largest absolute Gasteiger partial charge is 0.333 e. The highest BCUT2D eigenvalue weighted by molar-refractivity contribution is 6.30. The first kappa shape index (κ1) is 16.5. The number of carbonyl (C=O) groups is 1. The van der Waals surface area contributed by atoms with Crippen LogP contribution in [0.4, 0.5) is 0 Å². The van der Waals surface area contributed by atoms with Gasteiger partial charge in [-0.15, -0.1) is 0 Å². The predicted molar refractivity (Wildman–Crippen MR) is 103 cm³/mol. The number of ketones is 1. The summed E-state index contributed by atoms with van der Waals surface area (Å²) in [5.74, 6) is 0.0104. The zero-order valence-electron chi connectivity index (χ0n) is 14.0. The van der Waals surface area contributed by atoms with Crippen LogP contribution >= 0.6 is 11.6 Å². The number of pyridine rings is 1. The van der Waals surface area contributed by atoms with Crippen LogP contribution < -0.4 is 0 Å². The fourth-order valence-electron chi connectivity index (χ4n) is 2.92. The Kier molecular flexibility index (Phi) is 4.50. The molecule has 0 radical (unpaired) electrons. The van der Waals surface area contributed by atoms with E-state index < -0.39 is 0 Å². The first-order valence-corrected chi connectivity index (χ1v) is 8.68. The van der Waals surface area contributed by atoms with Crippen molar-refractivity contribution in [2.24, 2.45) is 0 Å². The molecule has 0 atom stereocenters. The third-order valence-electron chi connectivity index (χ3n) is 4.20. The van der Waals surface area contributed by atoms with Crippen molar-refractivity contribution in [3.63, 3.8) is 0 Å². The minimum absolute atomic E-state index is 0.0104. The quantitative estimate of drug-likeness (QED) is 0.489. The fraction of sp³-hybridized carbons (Fsp3) is 0.0952. The van der Waals surface area contributed by atoms with Crippen LogP contribution in [-0.2, 0) is 13.0 Å². The first-order chi connectivity index (χ1) is 12.7. The Labute approximate surface area is 156 Å². The van der Waals surface area contributed by atoms with E-state index in [2.05, 4.69) is 9.97 Å². The number of imidazole rings is 1. The molecule has 0 aliphatic heterocycles. The highest BCUT2D eigenvalue weighted by Crippen LogP contribution is 2.15. The molecular weight excluding hydrogens is 346 g/mol. The summed E-state index contributed by atoms with van der Waals surface area (Å²) in [6, 6.07) is 17.4. The third-order valence-corrected chi connectivity index (χ3v) is 4.43. The molecule has 2 aromatic heterocycles. The Morgan fingerprint density at radius 1 is 1.04 bits per heavy atom. The number of hydrogen-bond acceptors (Lipinski definition) is 3. The number of para-hydroxylation sites is 1. The summed E-state index contributed by atoms with van der Waals surface area (Å²) in [7, 11) is 0. The summed E-state index contributed by atoms with van der Waals surface area (Å²) in [6.07, 6.45) is 5.52. The Bertz CT molecular complexity index is 1090. The lowest BCUT2D eigenvalue weighted by Gasteiger charge is -2.03. The molecule has 0 aliphatic rings. The van der Waals surface area contributed by atoms with Gasteiger partial charge in [-0.25, -0.2) is 4.98 Å². The SMILES string of the molecule is O=C(Cc1cn(Cc2cccc(Cl)c2)cn1)c1cnc2ccccc2c1. The van der Waals surface area contributed by atoms with Gasteiger partial charge in [0.25, 0.3) is 0 Å². The Hall–Kier alpha value is -2.98. The van der Waals surface area contributed by atoms with Gasteiger partial charge in [0.05, 0.1) is 24.0 Å². The van der Waals surface area contributed by atoms with Crippen molar-refractivity contribution in [3.8, 4) is 0 Å². The van der Waals surface area contributed by atoms with Crippen molar-refractivity contribution >= 4 is 28.3 Å². The summed E-state index contributed by atoms with van der Waals surface area (Å²) >= 11 is 6.02.